The summed E-state index contributed by atoms with van der Waals surface area (Å²) in [6, 6.07) is 0. The Morgan fingerprint density at radius 1 is 1.22 bits per heavy atom. The first-order valence-electron chi connectivity index (χ1n) is 6.58. The quantitative estimate of drug-likeness (QED) is 0.751. The summed E-state index contributed by atoms with van der Waals surface area (Å²) in [7, 11) is 3.70. The molecule has 1 aromatic rings. The molecule has 1 unspecified atom stereocenters. The van der Waals surface area contributed by atoms with Crippen LogP contribution >= 0.6 is 0 Å². The minimum absolute atomic E-state index is 0.166. The van der Waals surface area contributed by atoms with Crippen LogP contribution in [0.25, 0.3) is 0 Å². The molecule has 0 amide bonds. The van der Waals surface area contributed by atoms with Gasteiger partial charge in [-0.2, -0.15) is 0 Å². The molecule has 0 aliphatic rings. The summed E-state index contributed by atoms with van der Waals surface area (Å²) in [6.07, 6.45) is 3.10. The number of hydrogen-bond acceptors (Lipinski definition) is 4. The van der Waals surface area contributed by atoms with Crippen LogP contribution in [-0.4, -0.2) is 36.8 Å². The lowest BCUT2D eigenvalue weighted by molar-refractivity contribution is 0.117. The number of hydrogen-bond donors (Lipinski definition) is 1. The summed E-state index contributed by atoms with van der Waals surface area (Å²) in [5.74, 6) is 0.886. The van der Waals surface area contributed by atoms with E-state index in [0.29, 0.717) is 0 Å². The fraction of sp³-hybridized carbons (Fsp3) is 0.714. The third-order valence-corrected chi connectivity index (χ3v) is 3.19. The van der Waals surface area contributed by atoms with E-state index in [1.54, 1.807) is 7.11 Å². The Hall–Kier alpha value is -1.00. The van der Waals surface area contributed by atoms with Crippen LogP contribution in [0.5, 0.6) is 0 Å². The second-order valence-electron chi connectivity index (χ2n) is 4.75. The molecule has 1 N–H and O–H groups in total. The van der Waals surface area contributed by atoms with Gasteiger partial charge in [-0.05, 0) is 52.8 Å². The number of aromatic nitrogens is 2. The zero-order valence-electron chi connectivity index (χ0n) is 12.2. The molecular weight excluding hydrogens is 226 g/mol. The standard InChI is InChI=1S/C14H25N3O/c1-10(18-5)9-14-16-11(2)13(12(3)17-14)7-6-8-15-4/h10,15H,6-9H2,1-5H3. The second kappa shape index (κ2) is 7.44. The van der Waals surface area contributed by atoms with Crippen LogP contribution in [0.3, 0.4) is 0 Å². The molecular formula is C14H25N3O. The fourth-order valence-electron chi connectivity index (χ4n) is 2.04. The third-order valence-electron chi connectivity index (χ3n) is 3.19. The molecule has 4 nitrogen and oxygen atoms in total. The summed E-state index contributed by atoms with van der Waals surface area (Å²) in [6.45, 7) is 7.21. The number of aryl methyl sites for hydroxylation is 2. The third kappa shape index (κ3) is 4.35. The van der Waals surface area contributed by atoms with Gasteiger partial charge in [0.05, 0.1) is 6.10 Å². The highest BCUT2D eigenvalue weighted by Crippen LogP contribution is 2.13. The zero-order chi connectivity index (χ0) is 13.5. The highest BCUT2D eigenvalue weighted by atomic mass is 16.5. The van der Waals surface area contributed by atoms with Crippen molar-refractivity contribution in [1.82, 2.24) is 15.3 Å². The number of methoxy groups -OCH3 is 1. The van der Waals surface area contributed by atoms with Gasteiger partial charge in [0.2, 0.25) is 0 Å². The molecule has 0 saturated carbocycles. The molecule has 102 valence electrons. The predicted octanol–water partition coefficient (Wildman–Crippen LogP) is 1.82. The van der Waals surface area contributed by atoms with Gasteiger partial charge in [-0.25, -0.2) is 9.97 Å². The SMILES string of the molecule is CNCCCc1c(C)nc(CC(C)OC)nc1C. The first-order valence-corrected chi connectivity index (χ1v) is 6.58. The van der Waals surface area contributed by atoms with E-state index in [9.17, 15) is 0 Å². The lowest BCUT2D eigenvalue weighted by Crippen LogP contribution is -2.15. The maximum Gasteiger partial charge on any atom is 0.131 e. The van der Waals surface area contributed by atoms with Crippen molar-refractivity contribution in [3.63, 3.8) is 0 Å². The Balaban J connectivity index is 2.77. The summed E-state index contributed by atoms with van der Waals surface area (Å²) >= 11 is 0. The molecule has 1 atom stereocenters. The minimum atomic E-state index is 0.166. The zero-order valence-corrected chi connectivity index (χ0v) is 12.2. The summed E-state index contributed by atoms with van der Waals surface area (Å²) in [5, 5.41) is 3.16. The second-order valence-corrected chi connectivity index (χ2v) is 4.75. The highest BCUT2D eigenvalue weighted by molar-refractivity contribution is 5.24. The number of ether oxygens (including phenoxy) is 1. The normalized spacial score (nSPS) is 12.7. The maximum absolute atomic E-state index is 5.26. The van der Waals surface area contributed by atoms with Gasteiger partial charge in [0.1, 0.15) is 5.82 Å². The molecule has 0 aromatic carbocycles. The van der Waals surface area contributed by atoms with E-state index in [0.717, 1.165) is 43.0 Å². The smallest absolute Gasteiger partial charge is 0.131 e. The molecule has 0 aliphatic carbocycles. The molecule has 0 spiro atoms. The summed E-state index contributed by atoms with van der Waals surface area (Å²) in [4.78, 5) is 9.18. The monoisotopic (exact) mass is 251 g/mol. The molecule has 0 saturated heterocycles. The van der Waals surface area contributed by atoms with Gasteiger partial charge in [-0.15, -0.1) is 0 Å². The molecule has 0 aliphatic heterocycles. The van der Waals surface area contributed by atoms with Gasteiger partial charge in [-0.3, -0.25) is 0 Å². The van der Waals surface area contributed by atoms with E-state index in [2.05, 4.69) is 29.1 Å². The Kier molecular flexibility index (Phi) is 6.22. The van der Waals surface area contributed by atoms with E-state index in [4.69, 9.17) is 4.74 Å². The molecule has 1 heterocycles. The largest absolute Gasteiger partial charge is 0.381 e. The topological polar surface area (TPSA) is 47.0 Å². The van der Waals surface area contributed by atoms with Crippen molar-refractivity contribution in [2.75, 3.05) is 20.7 Å². The van der Waals surface area contributed by atoms with Crippen molar-refractivity contribution in [3.8, 4) is 0 Å². The number of nitrogens with zero attached hydrogens (tertiary/aromatic N) is 2. The van der Waals surface area contributed by atoms with Crippen molar-refractivity contribution in [2.45, 2.75) is 46.1 Å². The average Bonchev–Trinajstić information content (AvgIpc) is 2.32. The van der Waals surface area contributed by atoms with Crippen LogP contribution in [0.2, 0.25) is 0 Å². The lowest BCUT2D eigenvalue weighted by Gasteiger charge is -2.13. The average molecular weight is 251 g/mol. The van der Waals surface area contributed by atoms with E-state index < -0.39 is 0 Å². The van der Waals surface area contributed by atoms with Gasteiger partial charge >= 0.3 is 0 Å². The molecule has 4 heteroatoms. The number of rotatable bonds is 7. The van der Waals surface area contributed by atoms with Crippen LogP contribution in [0.15, 0.2) is 0 Å². The van der Waals surface area contributed by atoms with E-state index in [1.165, 1.54) is 5.56 Å². The summed E-state index contributed by atoms with van der Waals surface area (Å²) < 4.78 is 5.26. The molecule has 18 heavy (non-hydrogen) atoms. The van der Waals surface area contributed by atoms with Crippen molar-refractivity contribution in [2.24, 2.45) is 0 Å². The Morgan fingerprint density at radius 2 is 1.83 bits per heavy atom. The molecule has 0 bridgehead atoms. The van der Waals surface area contributed by atoms with Crippen molar-refractivity contribution in [1.29, 1.82) is 0 Å². The maximum atomic E-state index is 5.26. The molecule has 0 fully saturated rings. The molecule has 1 rings (SSSR count). The van der Waals surface area contributed by atoms with Crippen molar-refractivity contribution < 1.29 is 4.74 Å². The van der Waals surface area contributed by atoms with Crippen LogP contribution in [0.1, 0.15) is 36.1 Å². The first-order chi connectivity index (χ1) is 8.58. The van der Waals surface area contributed by atoms with E-state index in [1.807, 2.05) is 14.0 Å². The van der Waals surface area contributed by atoms with Gasteiger partial charge < -0.3 is 10.1 Å². The Bertz CT molecular complexity index is 356. The molecule has 0 radical (unpaired) electrons. The van der Waals surface area contributed by atoms with Crippen LogP contribution in [0, 0.1) is 13.8 Å². The van der Waals surface area contributed by atoms with Gasteiger partial charge in [-0.1, -0.05) is 0 Å². The Morgan fingerprint density at radius 3 is 2.33 bits per heavy atom. The molecule has 1 aromatic heterocycles. The van der Waals surface area contributed by atoms with Crippen LogP contribution < -0.4 is 5.32 Å². The van der Waals surface area contributed by atoms with E-state index in [-0.39, 0.29) is 6.10 Å². The number of nitrogens with one attached hydrogen (secondary N) is 1. The van der Waals surface area contributed by atoms with Crippen molar-refractivity contribution in [3.05, 3.63) is 22.8 Å². The lowest BCUT2D eigenvalue weighted by atomic mass is 10.1. The van der Waals surface area contributed by atoms with Crippen LogP contribution in [0.4, 0.5) is 0 Å². The first kappa shape index (κ1) is 15.1. The van der Waals surface area contributed by atoms with Gasteiger partial charge in [0.15, 0.2) is 0 Å². The van der Waals surface area contributed by atoms with Gasteiger partial charge in [0.25, 0.3) is 0 Å². The fourth-order valence-corrected chi connectivity index (χ4v) is 2.04. The Labute approximate surface area is 110 Å². The van der Waals surface area contributed by atoms with Gasteiger partial charge in [0, 0.05) is 24.9 Å². The van der Waals surface area contributed by atoms with Crippen LogP contribution in [-0.2, 0) is 17.6 Å². The summed E-state index contributed by atoms with van der Waals surface area (Å²) in [5.41, 5.74) is 3.51. The van der Waals surface area contributed by atoms with E-state index >= 15 is 0 Å². The highest BCUT2D eigenvalue weighted by Gasteiger charge is 2.10. The van der Waals surface area contributed by atoms with Crippen molar-refractivity contribution >= 4 is 0 Å². The minimum Gasteiger partial charge on any atom is -0.381 e. The predicted molar refractivity (Wildman–Crippen MR) is 73.9 cm³/mol.